The smallest absolute Gasteiger partial charge is 0.251 e. The Kier molecular flexibility index (Phi) is 4.77. The van der Waals surface area contributed by atoms with Crippen LogP contribution in [0.5, 0.6) is 0 Å². The van der Waals surface area contributed by atoms with Crippen molar-refractivity contribution in [1.29, 1.82) is 0 Å². The van der Waals surface area contributed by atoms with Crippen molar-refractivity contribution in [2.45, 2.75) is 17.9 Å². The topological polar surface area (TPSA) is 96.3 Å². The Balaban J connectivity index is 1.47. The number of carbonyl (C=O) groups is 3. The number of amides is 3. The average molecular weight is 429 g/mol. The summed E-state index contributed by atoms with van der Waals surface area (Å²) in [5, 5.41) is 5.70. The molecule has 0 aliphatic carbocycles. The average Bonchev–Trinajstić information content (AvgIpc) is 3.49. The third kappa shape index (κ3) is 2.98. The summed E-state index contributed by atoms with van der Waals surface area (Å²) in [7, 11) is 1.85. The van der Waals surface area contributed by atoms with Crippen molar-refractivity contribution in [2.75, 3.05) is 18.4 Å². The normalized spacial score (nSPS) is 21.5. The van der Waals surface area contributed by atoms with Crippen LogP contribution in [0.15, 0.2) is 67.0 Å². The summed E-state index contributed by atoms with van der Waals surface area (Å²) in [5.74, 6) is -0.0610. The zero-order valence-electron chi connectivity index (χ0n) is 17.6. The molecule has 2 aliphatic rings. The zero-order valence-corrected chi connectivity index (χ0v) is 17.6. The number of imidazole rings is 1. The molecule has 2 atom stereocenters. The van der Waals surface area contributed by atoms with Crippen LogP contribution in [0.1, 0.15) is 34.2 Å². The van der Waals surface area contributed by atoms with Gasteiger partial charge in [-0.25, -0.2) is 4.98 Å². The lowest BCUT2D eigenvalue weighted by Gasteiger charge is -2.33. The summed E-state index contributed by atoms with van der Waals surface area (Å²) in [5.41, 5.74) is 1.21. The second kappa shape index (κ2) is 7.64. The number of rotatable bonds is 4. The molecule has 8 nitrogen and oxygen atoms in total. The van der Waals surface area contributed by atoms with Crippen molar-refractivity contribution < 1.29 is 14.4 Å². The van der Waals surface area contributed by atoms with Crippen LogP contribution in [0.2, 0.25) is 0 Å². The number of likely N-dealkylation sites (tertiary alicyclic amines) is 1. The molecule has 2 aromatic carbocycles. The van der Waals surface area contributed by atoms with Gasteiger partial charge < -0.3 is 20.1 Å². The van der Waals surface area contributed by atoms with E-state index in [1.807, 2.05) is 41.9 Å². The van der Waals surface area contributed by atoms with Gasteiger partial charge in [0.25, 0.3) is 5.91 Å². The number of nitrogens with zero attached hydrogens (tertiary/aromatic N) is 3. The van der Waals surface area contributed by atoms with Crippen molar-refractivity contribution in [2.24, 2.45) is 7.05 Å². The van der Waals surface area contributed by atoms with E-state index >= 15 is 0 Å². The number of benzene rings is 2. The number of carbonyl (C=O) groups excluding carboxylic acids is 3. The molecule has 0 saturated carbocycles. The molecule has 1 fully saturated rings. The molecule has 8 heteroatoms. The Bertz CT molecular complexity index is 1210. The van der Waals surface area contributed by atoms with Gasteiger partial charge in [0.05, 0.1) is 6.54 Å². The first kappa shape index (κ1) is 20.0. The van der Waals surface area contributed by atoms with E-state index in [0.717, 1.165) is 11.3 Å². The lowest BCUT2D eigenvalue weighted by Crippen LogP contribution is -2.46. The molecule has 1 saturated heterocycles. The van der Waals surface area contributed by atoms with E-state index in [2.05, 4.69) is 15.6 Å². The van der Waals surface area contributed by atoms with Gasteiger partial charge in [0.1, 0.15) is 17.3 Å². The van der Waals surface area contributed by atoms with Gasteiger partial charge >= 0.3 is 0 Å². The van der Waals surface area contributed by atoms with Crippen molar-refractivity contribution in [3.63, 3.8) is 0 Å². The first-order chi connectivity index (χ1) is 15.5. The number of hydrogen-bond acceptors (Lipinski definition) is 4. The van der Waals surface area contributed by atoms with Gasteiger partial charge in [-0.15, -0.1) is 0 Å². The molecule has 2 N–H and O–H groups in total. The Hall–Kier alpha value is -3.94. The molecular formula is C24H23N5O3. The minimum Gasteiger partial charge on any atom is -0.343 e. The van der Waals surface area contributed by atoms with Gasteiger partial charge in [0, 0.05) is 37.2 Å². The second-order valence-corrected chi connectivity index (χ2v) is 8.16. The molecule has 0 bridgehead atoms. The highest BCUT2D eigenvalue weighted by Crippen LogP contribution is 2.54. The SMILES string of the molecule is Cn1ccnc1[C@@H]1N(C(=O)CNC(=O)c2ccccc2)CC[C@]12C(=O)Nc1ccccc12. The summed E-state index contributed by atoms with van der Waals surface area (Å²) in [4.78, 5) is 45.2. The summed E-state index contributed by atoms with van der Waals surface area (Å²) in [6.07, 6.45) is 3.95. The molecular weight excluding hydrogens is 406 g/mol. The Morgan fingerprint density at radius 3 is 2.66 bits per heavy atom. The van der Waals surface area contributed by atoms with E-state index in [1.54, 1.807) is 41.6 Å². The molecule has 1 aromatic heterocycles. The molecule has 3 heterocycles. The molecule has 2 aliphatic heterocycles. The van der Waals surface area contributed by atoms with E-state index in [9.17, 15) is 14.4 Å². The Morgan fingerprint density at radius 1 is 1.16 bits per heavy atom. The number of para-hydroxylation sites is 1. The summed E-state index contributed by atoms with van der Waals surface area (Å²) in [6, 6.07) is 15.8. The predicted octanol–water partition coefficient (Wildman–Crippen LogP) is 2.01. The lowest BCUT2D eigenvalue weighted by atomic mass is 9.74. The fraction of sp³-hybridized carbons (Fsp3) is 0.250. The van der Waals surface area contributed by atoms with Crippen LogP contribution >= 0.6 is 0 Å². The lowest BCUT2D eigenvalue weighted by molar-refractivity contribution is -0.132. The predicted molar refractivity (Wildman–Crippen MR) is 118 cm³/mol. The van der Waals surface area contributed by atoms with Gasteiger partial charge in [0.15, 0.2) is 0 Å². The van der Waals surface area contributed by atoms with Crippen LogP contribution in [0.25, 0.3) is 0 Å². The number of aromatic nitrogens is 2. The van der Waals surface area contributed by atoms with Gasteiger partial charge in [-0.05, 0) is 30.2 Å². The van der Waals surface area contributed by atoms with Crippen LogP contribution in [-0.2, 0) is 22.1 Å². The molecule has 0 unspecified atom stereocenters. The van der Waals surface area contributed by atoms with Crippen molar-refractivity contribution >= 4 is 23.4 Å². The fourth-order valence-corrected chi connectivity index (χ4v) is 4.90. The molecule has 3 amide bonds. The maximum absolute atomic E-state index is 13.3. The molecule has 0 radical (unpaired) electrons. The largest absolute Gasteiger partial charge is 0.343 e. The van der Waals surface area contributed by atoms with Crippen LogP contribution in [-0.4, -0.2) is 45.3 Å². The fourth-order valence-electron chi connectivity index (χ4n) is 4.90. The minimum atomic E-state index is -0.922. The van der Waals surface area contributed by atoms with E-state index in [4.69, 9.17) is 0 Å². The third-order valence-electron chi connectivity index (χ3n) is 6.45. The van der Waals surface area contributed by atoms with Gasteiger partial charge in [-0.2, -0.15) is 0 Å². The number of aryl methyl sites for hydroxylation is 1. The summed E-state index contributed by atoms with van der Waals surface area (Å²) < 4.78 is 1.84. The number of fused-ring (bicyclic) bond motifs is 2. The maximum atomic E-state index is 13.3. The zero-order chi connectivity index (χ0) is 22.3. The monoisotopic (exact) mass is 429 g/mol. The number of nitrogens with one attached hydrogen (secondary N) is 2. The van der Waals surface area contributed by atoms with Crippen molar-refractivity contribution in [1.82, 2.24) is 19.8 Å². The Morgan fingerprint density at radius 2 is 1.91 bits per heavy atom. The highest BCUT2D eigenvalue weighted by Gasteiger charge is 2.60. The van der Waals surface area contributed by atoms with Crippen molar-refractivity contribution in [3.8, 4) is 0 Å². The highest BCUT2D eigenvalue weighted by atomic mass is 16.2. The van der Waals surface area contributed by atoms with Gasteiger partial charge in [-0.1, -0.05) is 36.4 Å². The van der Waals surface area contributed by atoms with Crippen LogP contribution in [0.3, 0.4) is 0 Å². The first-order valence-electron chi connectivity index (χ1n) is 10.5. The van der Waals surface area contributed by atoms with Gasteiger partial charge in [0.2, 0.25) is 11.8 Å². The number of anilines is 1. The molecule has 3 aromatic rings. The van der Waals surface area contributed by atoms with Crippen LogP contribution in [0, 0.1) is 0 Å². The van der Waals surface area contributed by atoms with Crippen molar-refractivity contribution in [3.05, 3.63) is 83.9 Å². The van der Waals surface area contributed by atoms with E-state index in [0.29, 0.717) is 24.4 Å². The standard InChI is InChI=1S/C24H23N5O3/c1-28-14-12-25-21(28)20-24(17-9-5-6-10-18(17)27-23(24)32)11-13-29(20)19(30)15-26-22(31)16-7-3-2-4-8-16/h2-10,12,14,20H,11,13,15H2,1H3,(H,26,31)(H,27,32)/t20-,24+/m0/s1. The molecule has 32 heavy (non-hydrogen) atoms. The highest BCUT2D eigenvalue weighted by molar-refractivity contribution is 6.07. The van der Waals surface area contributed by atoms with E-state index in [1.165, 1.54) is 0 Å². The second-order valence-electron chi connectivity index (χ2n) is 8.16. The first-order valence-corrected chi connectivity index (χ1v) is 10.5. The van der Waals surface area contributed by atoms with Crippen LogP contribution in [0.4, 0.5) is 5.69 Å². The summed E-state index contributed by atoms with van der Waals surface area (Å²) in [6.45, 7) is 0.229. The van der Waals surface area contributed by atoms with E-state index < -0.39 is 11.5 Å². The third-order valence-corrected chi connectivity index (χ3v) is 6.45. The maximum Gasteiger partial charge on any atom is 0.251 e. The molecule has 1 spiro atoms. The Labute approximate surface area is 185 Å². The quantitative estimate of drug-likeness (QED) is 0.663. The molecule has 162 valence electrons. The number of hydrogen-bond donors (Lipinski definition) is 2. The van der Waals surface area contributed by atoms with Gasteiger partial charge in [-0.3, -0.25) is 14.4 Å². The molecule has 5 rings (SSSR count). The summed E-state index contributed by atoms with van der Waals surface area (Å²) >= 11 is 0. The van der Waals surface area contributed by atoms with E-state index in [-0.39, 0.29) is 24.3 Å². The van der Waals surface area contributed by atoms with Crippen LogP contribution < -0.4 is 10.6 Å². The minimum absolute atomic E-state index is 0.129.